The van der Waals surface area contributed by atoms with Crippen molar-refractivity contribution in [3.05, 3.63) is 10.6 Å². The number of morpholine rings is 1. The monoisotopic (exact) mass is 313 g/mol. The molecule has 1 aliphatic heterocycles. The van der Waals surface area contributed by atoms with Gasteiger partial charge < -0.3 is 19.7 Å². The maximum atomic E-state index is 12.0. The molecule has 1 aromatic rings. The van der Waals surface area contributed by atoms with Crippen molar-refractivity contribution in [2.45, 2.75) is 13.3 Å². The molecule has 0 aliphatic carbocycles. The molecule has 0 aromatic carbocycles. The van der Waals surface area contributed by atoms with Crippen molar-refractivity contribution in [2.24, 2.45) is 0 Å². The van der Waals surface area contributed by atoms with Crippen molar-refractivity contribution in [1.29, 1.82) is 0 Å². The fraction of sp³-hybridized carbons (Fsp3) is 0.615. The summed E-state index contributed by atoms with van der Waals surface area (Å²) in [5.74, 6) is -0.283. The van der Waals surface area contributed by atoms with Crippen LogP contribution in [-0.4, -0.2) is 61.7 Å². The number of ether oxygens (including phenoxy) is 2. The molecule has 0 radical (unpaired) electrons. The van der Waals surface area contributed by atoms with Gasteiger partial charge in [0.2, 0.25) is 5.91 Å². The van der Waals surface area contributed by atoms with Crippen LogP contribution in [0.2, 0.25) is 0 Å². The number of amides is 1. The molecule has 0 saturated carbocycles. The molecule has 1 amide bonds. The fourth-order valence-electron chi connectivity index (χ4n) is 2.00. The number of nitrogens with one attached hydrogen (secondary N) is 1. The summed E-state index contributed by atoms with van der Waals surface area (Å²) in [6, 6.07) is 0. The molecule has 2 heterocycles. The van der Waals surface area contributed by atoms with E-state index in [1.807, 2.05) is 0 Å². The molecule has 1 aromatic heterocycles. The molecule has 0 unspecified atom stereocenters. The van der Waals surface area contributed by atoms with Gasteiger partial charge in [-0.2, -0.15) is 0 Å². The van der Waals surface area contributed by atoms with Gasteiger partial charge in [-0.3, -0.25) is 4.79 Å². The molecular formula is C13H19N3O4S. The van der Waals surface area contributed by atoms with E-state index in [-0.39, 0.29) is 11.9 Å². The van der Waals surface area contributed by atoms with Crippen molar-refractivity contribution < 1.29 is 19.1 Å². The Bertz CT molecular complexity index is 512. The van der Waals surface area contributed by atoms with Gasteiger partial charge in [0.25, 0.3) is 0 Å². The summed E-state index contributed by atoms with van der Waals surface area (Å²) in [6.45, 7) is 4.76. The highest BCUT2D eigenvalue weighted by molar-refractivity contribution is 7.17. The predicted molar refractivity (Wildman–Crippen MR) is 78.7 cm³/mol. The maximum Gasteiger partial charge on any atom is 0.350 e. The number of carbonyl (C=O) groups excluding carboxylic acids is 2. The molecule has 2 rings (SSSR count). The fourth-order valence-corrected chi connectivity index (χ4v) is 2.91. The van der Waals surface area contributed by atoms with Crippen LogP contribution in [0.25, 0.3) is 0 Å². The van der Waals surface area contributed by atoms with Crippen molar-refractivity contribution in [3.63, 3.8) is 0 Å². The number of methoxy groups -OCH3 is 1. The highest BCUT2D eigenvalue weighted by atomic mass is 32.1. The maximum absolute atomic E-state index is 12.0. The summed E-state index contributed by atoms with van der Waals surface area (Å²) in [4.78, 5) is 30.0. The zero-order valence-corrected chi connectivity index (χ0v) is 13.0. The van der Waals surface area contributed by atoms with Gasteiger partial charge in [-0.15, -0.1) is 0 Å². The number of hydrogen-bond acceptors (Lipinski definition) is 7. The van der Waals surface area contributed by atoms with E-state index in [1.54, 1.807) is 11.8 Å². The lowest BCUT2D eigenvalue weighted by Crippen LogP contribution is -2.41. The predicted octanol–water partition coefficient (Wildman–Crippen LogP) is 0.899. The number of anilines is 1. The summed E-state index contributed by atoms with van der Waals surface area (Å²) >= 11 is 1.24. The minimum absolute atomic E-state index is 0.104. The SMILES string of the molecule is COC(=O)c1sc(NCCC(=O)N2CCOCC2)nc1C. The molecule has 0 bridgehead atoms. The Hall–Kier alpha value is -1.67. The van der Waals surface area contributed by atoms with E-state index in [1.165, 1.54) is 18.4 Å². The Kier molecular flexibility index (Phi) is 5.51. The van der Waals surface area contributed by atoms with Crippen molar-refractivity contribution >= 4 is 28.3 Å². The third-order valence-electron chi connectivity index (χ3n) is 3.15. The molecule has 21 heavy (non-hydrogen) atoms. The van der Waals surface area contributed by atoms with Crippen LogP contribution in [0.1, 0.15) is 21.8 Å². The van der Waals surface area contributed by atoms with Crippen molar-refractivity contribution in [3.8, 4) is 0 Å². The van der Waals surface area contributed by atoms with Gasteiger partial charge >= 0.3 is 5.97 Å². The van der Waals surface area contributed by atoms with Gasteiger partial charge in [-0.05, 0) is 6.92 Å². The molecule has 1 saturated heterocycles. The Balaban J connectivity index is 1.80. The van der Waals surface area contributed by atoms with E-state index in [4.69, 9.17) is 4.74 Å². The van der Waals surface area contributed by atoms with E-state index in [2.05, 4.69) is 15.0 Å². The largest absolute Gasteiger partial charge is 0.465 e. The van der Waals surface area contributed by atoms with Gasteiger partial charge in [0, 0.05) is 26.1 Å². The van der Waals surface area contributed by atoms with Crippen LogP contribution in [0.15, 0.2) is 0 Å². The van der Waals surface area contributed by atoms with Crippen LogP contribution in [0.3, 0.4) is 0 Å². The zero-order chi connectivity index (χ0) is 15.2. The molecule has 116 valence electrons. The van der Waals surface area contributed by atoms with Gasteiger partial charge in [-0.25, -0.2) is 9.78 Å². The number of esters is 1. The topological polar surface area (TPSA) is 80.8 Å². The second kappa shape index (κ2) is 7.37. The molecule has 0 spiro atoms. The highest BCUT2D eigenvalue weighted by Gasteiger charge is 2.18. The Labute approximate surface area is 127 Å². The highest BCUT2D eigenvalue weighted by Crippen LogP contribution is 2.23. The lowest BCUT2D eigenvalue weighted by Gasteiger charge is -2.26. The number of aryl methyl sites for hydroxylation is 1. The van der Waals surface area contributed by atoms with Crippen LogP contribution in [0.5, 0.6) is 0 Å². The summed E-state index contributed by atoms with van der Waals surface area (Å²) in [7, 11) is 1.34. The number of thiazole rings is 1. The summed E-state index contributed by atoms with van der Waals surface area (Å²) in [6.07, 6.45) is 0.395. The van der Waals surface area contributed by atoms with Gasteiger partial charge in [0.15, 0.2) is 5.13 Å². The standard InChI is InChI=1S/C13H19N3O4S/c1-9-11(12(18)19-2)21-13(15-9)14-4-3-10(17)16-5-7-20-8-6-16/h3-8H2,1-2H3,(H,14,15). The first-order chi connectivity index (χ1) is 10.1. The molecule has 0 atom stereocenters. The van der Waals surface area contributed by atoms with Crippen molar-refractivity contribution in [1.82, 2.24) is 9.88 Å². The summed E-state index contributed by atoms with van der Waals surface area (Å²) in [5.41, 5.74) is 0.633. The van der Waals surface area contributed by atoms with Crippen LogP contribution in [0.4, 0.5) is 5.13 Å². The Morgan fingerprint density at radius 3 is 2.81 bits per heavy atom. The molecule has 8 heteroatoms. The van der Waals surface area contributed by atoms with Gasteiger partial charge in [0.05, 0.1) is 26.0 Å². The average Bonchev–Trinajstić information content (AvgIpc) is 2.88. The molecule has 1 aliphatic rings. The lowest BCUT2D eigenvalue weighted by molar-refractivity contribution is -0.134. The molecule has 1 N–H and O–H groups in total. The quantitative estimate of drug-likeness (QED) is 0.814. The van der Waals surface area contributed by atoms with Gasteiger partial charge in [-0.1, -0.05) is 11.3 Å². The first-order valence-electron chi connectivity index (χ1n) is 6.77. The van der Waals surface area contributed by atoms with Crippen LogP contribution < -0.4 is 5.32 Å². The first-order valence-corrected chi connectivity index (χ1v) is 7.58. The van der Waals surface area contributed by atoms with Gasteiger partial charge in [0.1, 0.15) is 4.88 Å². The average molecular weight is 313 g/mol. The van der Waals surface area contributed by atoms with E-state index in [9.17, 15) is 9.59 Å². The van der Waals surface area contributed by atoms with Crippen LogP contribution in [0, 0.1) is 6.92 Å². The number of rotatable bonds is 5. The second-order valence-electron chi connectivity index (χ2n) is 4.60. The summed E-state index contributed by atoms with van der Waals surface area (Å²) in [5, 5.41) is 3.70. The molecule has 7 nitrogen and oxygen atoms in total. The van der Waals surface area contributed by atoms with E-state index < -0.39 is 0 Å². The number of carbonyl (C=O) groups is 2. The van der Waals surface area contributed by atoms with E-state index in [0.29, 0.717) is 55.0 Å². The zero-order valence-electron chi connectivity index (χ0n) is 12.2. The smallest absolute Gasteiger partial charge is 0.350 e. The molecule has 1 fully saturated rings. The van der Waals surface area contributed by atoms with Crippen LogP contribution in [-0.2, 0) is 14.3 Å². The second-order valence-corrected chi connectivity index (χ2v) is 5.59. The Morgan fingerprint density at radius 1 is 1.43 bits per heavy atom. The molecular weight excluding hydrogens is 294 g/mol. The third kappa shape index (κ3) is 4.15. The minimum Gasteiger partial charge on any atom is -0.465 e. The number of hydrogen-bond donors (Lipinski definition) is 1. The summed E-state index contributed by atoms with van der Waals surface area (Å²) < 4.78 is 9.89. The first kappa shape index (κ1) is 15.7. The number of nitrogens with zero attached hydrogens (tertiary/aromatic N) is 2. The van der Waals surface area contributed by atoms with Crippen LogP contribution >= 0.6 is 11.3 Å². The third-order valence-corrected chi connectivity index (χ3v) is 4.24. The van der Waals surface area contributed by atoms with Crippen molar-refractivity contribution in [2.75, 3.05) is 45.3 Å². The normalized spacial score (nSPS) is 14.9. The van der Waals surface area contributed by atoms with E-state index in [0.717, 1.165) is 0 Å². The number of aromatic nitrogens is 1. The lowest BCUT2D eigenvalue weighted by atomic mass is 10.3. The minimum atomic E-state index is -0.387. The van der Waals surface area contributed by atoms with E-state index >= 15 is 0 Å². The Morgan fingerprint density at radius 2 is 2.14 bits per heavy atom.